The van der Waals surface area contributed by atoms with Crippen molar-refractivity contribution >= 4 is 61.1 Å². The predicted octanol–water partition coefficient (Wildman–Crippen LogP) is 8.50. The number of hydrogen-bond acceptors (Lipinski definition) is 11. The summed E-state index contributed by atoms with van der Waals surface area (Å²) in [6, 6.07) is 24.0. The summed E-state index contributed by atoms with van der Waals surface area (Å²) in [5, 5.41) is 16.4. The van der Waals surface area contributed by atoms with Crippen molar-refractivity contribution in [3.8, 4) is 11.5 Å². The van der Waals surface area contributed by atoms with Crippen molar-refractivity contribution in [1.82, 2.24) is 14.6 Å². The van der Waals surface area contributed by atoms with E-state index < -0.39 is 31.4 Å². The maximum absolute atomic E-state index is 13.9. The molecule has 16 heteroatoms. The van der Waals surface area contributed by atoms with Crippen LogP contribution >= 0.6 is 11.6 Å². The Labute approximate surface area is 361 Å². The summed E-state index contributed by atoms with van der Waals surface area (Å²) in [5.74, 6) is -0.325. The third-order valence-electron chi connectivity index (χ3n) is 11.2. The number of anilines is 2. The van der Waals surface area contributed by atoms with Gasteiger partial charge in [-0.3, -0.25) is 19.8 Å². The topological polar surface area (TPSA) is 168 Å². The molecule has 322 valence electrons. The van der Waals surface area contributed by atoms with E-state index >= 15 is 0 Å². The summed E-state index contributed by atoms with van der Waals surface area (Å²) >= 11 is 6.24. The van der Waals surface area contributed by atoms with Gasteiger partial charge in [0.25, 0.3) is 21.6 Å². The molecule has 5 aromatic rings. The Morgan fingerprint density at radius 2 is 1.74 bits per heavy atom. The van der Waals surface area contributed by atoms with Crippen molar-refractivity contribution < 1.29 is 32.3 Å². The molecule has 4 aromatic carbocycles. The number of rotatable bonds is 17. The van der Waals surface area contributed by atoms with Crippen LogP contribution in [0.3, 0.4) is 0 Å². The minimum Gasteiger partial charge on any atom is -0.456 e. The van der Waals surface area contributed by atoms with Crippen LogP contribution in [0.5, 0.6) is 11.5 Å². The Morgan fingerprint density at radius 3 is 2.49 bits per heavy atom. The summed E-state index contributed by atoms with van der Waals surface area (Å²) in [5.41, 5.74) is 5.59. The smallest absolute Gasteiger partial charge is 0.293 e. The van der Waals surface area contributed by atoms with Gasteiger partial charge in [0.15, 0.2) is 0 Å². The van der Waals surface area contributed by atoms with Crippen LogP contribution in [-0.4, -0.2) is 95.3 Å². The molecule has 1 fully saturated rings. The largest absolute Gasteiger partial charge is 0.456 e. The van der Waals surface area contributed by atoms with Crippen molar-refractivity contribution in [3.63, 3.8) is 0 Å². The van der Waals surface area contributed by atoms with E-state index in [1.165, 1.54) is 28.8 Å². The number of nitrogens with one attached hydrogen (secondary N) is 3. The minimum absolute atomic E-state index is 0.0263. The number of allylic oxidation sites excluding steroid dienone is 1. The molecule has 1 aliphatic carbocycles. The average Bonchev–Trinajstić information content (AvgIpc) is 3.73. The van der Waals surface area contributed by atoms with E-state index in [9.17, 15) is 23.3 Å². The minimum atomic E-state index is -4.57. The Kier molecular flexibility index (Phi) is 13.6. The maximum atomic E-state index is 13.9. The van der Waals surface area contributed by atoms with E-state index in [-0.39, 0.29) is 35.6 Å². The molecule has 0 saturated carbocycles. The monoisotopic (exact) mass is 870 g/mol. The SMILES string of the molecule is COCCOCCNc1ccc(S(=O)(=O)NC(=O)c2ccc(N3CCN(CC4=C(c5ccc(Cl)cc5)CC(C)(C)CC4)CC3)cc2Oc2cccc3[nH]ccc23)cc1[N+](=O)[O-]. The van der Waals surface area contributed by atoms with Crippen molar-refractivity contribution in [2.24, 2.45) is 5.41 Å². The number of aromatic nitrogens is 1. The first-order valence-corrected chi connectivity index (χ1v) is 22.1. The van der Waals surface area contributed by atoms with Crippen molar-refractivity contribution in [2.75, 3.05) is 76.4 Å². The zero-order chi connectivity index (χ0) is 43.1. The number of methoxy groups -OCH3 is 1. The number of fused-ring (bicyclic) bond motifs is 1. The van der Waals surface area contributed by atoms with Gasteiger partial charge in [0.05, 0.1) is 35.2 Å². The molecular weight excluding hydrogens is 820 g/mol. The first kappa shape index (κ1) is 43.6. The van der Waals surface area contributed by atoms with E-state index in [0.29, 0.717) is 19.0 Å². The number of carbonyl (C=O) groups excluding carboxylic acids is 1. The molecule has 1 aromatic heterocycles. The molecule has 1 saturated heterocycles. The van der Waals surface area contributed by atoms with Crippen LogP contribution in [-0.2, 0) is 19.5 Å². The van der Waals surface area contributed by atoms with Gasteiger partial charge in [0.2, 0.25) is 0 Å². The zero-order valence-corrected chi connectivity index (χ0v) is 36.1. The highest BCUT2D eigenvalue weighted by molar-refractivity contribution is 7.90. The van der Waals surface area contributed by atoms with Crippen LogP contribution in [0.25, 0.3) is 16.5 Å². The van der Waals surface area contributed by atoms with Crippen LogP contribution in [0.1, 0.15) is 49.0 Å². The van der Waals surface area contributed by atoms with Gasteiger partial charge in [-0.1, -0.05) is 49.2 Å². The van der Waals surface area contributed by atoms with Crippen molar-refractivity contribution in [1.29, 1.82) is 0 Å². The molecule has 0 radical (unpaired) electrons. The molecule has 0 bridgehead atoms. The second kappa shape index (κ2) is 19.1. The summed E-state index contributed by atoms with van der Waals surface area (Å²) < 4.78 is 46.2. The molecule has 2 aliphatic rings. The highest BCUT2D eigenvalue weighted by Crippen LogP contribution is 2.43. The molecule has 1 amide bonds. The highest BCUT2D eigenvalue weighted by atomic mass is 35.5. The van der Waals surface area contributed by atoms with Gasteiger partial charge in [-0.05, 0) is 90.4 Å². The molecule has 0 unspecified atom stereocenters. The van der Waals surface area contributed by atoms with Gasteiger partial charge in [0, 0.05) is 86.3 Å². The Balaban J connectivity index is 1.09. The van der Waals surface area contributed by atoms with Crippen molar-refractivity contribution in [3.05, 3.63) is 123 Å². The molecule has 2 heterocycles. The normalized spacial score (nSPS) is 15.8. The third-order valence-corrected chi connectivity index (χ3v) is 12.8. The quantitative estimate of drug-likeness (QED) is 0.0466. The number of sulfonamides is 1. The van der Waals surface area contributed by atoms with E-state index in [1.807, 2.05) is 30.3 Å². The fraction of sp³-hybridized carbons (Fsp3) is 0.356. The summed E-state index contributed by atoms with van der Waals surface area (Å²) in [4.78, 5) is 32.7. The van der Waals surface area contributed by atoms with Gasteiger partial charge < -0.3 is 29.4 Å². The zero-order valence-electron chi connectivity index (χ0n) is 34.5. The lowest BCUT2D eigenvalue weighted by Crippen LogP contribution is -2.47. The number of H-pyrrole nitrogens is 1. The van der Waals surface area contributed by atoms with Crippen LogP contribution < -0.4 is 19.7 Å². The number of benzene rings is 4. The van der Waals surface area contributed by atoms with Crippen LogP contribution in [0.2, 0.25) is 5.02 Å². The number of amides is 1. The third kappa shape index (κ3) is 10.7. The lowest BCUT2D eigenvalue weighted by Gasteiger charge is -2.39. The number of aromatic amines is 1. The summed E-state index contributed by atoms with van der Waals surface area (Å²) in [6.07, 6.45) is 4.98. The van der Waals surface area contributed by atoms with Crippen LogP contribution in [0, 0.1) is 15.5 Å². The molecule has 7 rings (SSSR count). The first-order valence-electron chi connectivity index (χ1n) is 20.3. The molecule has 14 nitrogen and oxygen atoms in total. The Morgan fingerprint density at radius 1 is 0.951 bits per heavy atom. The number of hydrogen-bond donors (Lipinski definition) is 3. The van der Waals surface area contributed by atoms with Gasteiger partial charge in [-0.15, -0.1) is 0 Å². The predicted molar refractivity (Wildman–Crippen MR) is 238 cm³/mol. The Hall–Kier alpha value is -5.45. The number of nitro groups is 1. The van der Waals surface area contributed by atoms with Gasteiger partial charge in [-0.25, -0.2) is 13.1 Å². The number of nitrogens with zero attached hydrogens (tertiary/aromatic N) is 3. The van der Waals surface area contributed by atoms with Gasteiger partial charge in [-0.2, -0.15) is 0 Å². The molecule has 61 heavy (non-hydrogen) atoms. The summed E-state index contributed by atoms with van der Waals surface area (Å²) in [6.45, 7) is 9.90. The second-order valence-electron chi connectivity index (χ2n) is 16.1. The van der Waals surface area contributed by atoms with E-state index in [1.54, 1.807) is 37.6 Å². The highest BCUT2D eigenvalue weighted by Gasteiger charge is 2.30. The molecular formula is C45H51ClN6O8S. The van der Waals surface area contributed by atoms with E-state index in [2.05, 4.69) is 50.8 Å². The van der Waals surface area contributed by atoms with Crippen molar-refractivity contribution in [2.45, 2.75) is 38.0 Å². The molecule has 0 atom stereocenters. The number of nitro benzene ring substituents is 1. The maximum Gasteiger partial charge on any atom is 0.293 e. The fourth-order valence-corrected chi connectivity index (χ4v) is 8.97. The standard InChI is InChI=1S/C45H51ClN6O8S/c1-45(2)17-15-32(38(29-45)31-7-9-33(46)10-8-31)30-50-20-22-51(23-21-50)34-11-13-37(43(27-34)60-42-6-4-5-39-36(42)16-18-47-39)44(53)49-61(56,57)35-12-14-40(41(28-35)52(54)55)48-19-24-59-26-25-58-3/h4-14,16,18,27-28,47-48H,15,17,19-26,29-30H2,1-3H3,(H,49,53). The summed E-state index contributed by atoms with van der Waals surface area (Å²) in [7, 11) is -3.02. The Bertz CT molecular complexity index is 2520. The van der Waals surface area contributed by atoms with E-state index in [0.717, 1.165) is 79.7 Å². The van der Waals surface area contributed by atoms with Gasteiger partial charge >= 0.3 is 0 Å². The van der Waals surface area contributed by atoms with Crippen LogP contribution in [0.15, 0.2) is 102 Å². The lowest BCUT2D eigenvalue weighted by molar-refractivity contribution is -0.384. The lowest BCUT2D eigenvalue weighted by atomic mass is 9.72. The second-order valence-corrected chi connectivity index (χ2v) is 18.2. The first-order chi connectivity index (χ1) is 29.3. The molecule has 0 spiro atoms. The van der Waals surface area contributed by atoms with Crippen LogP contribution in [0.4, 0.5) is 17.1 Å². The average molecular weight is 871 g/mol. The molecule has 1 aliphatic heterocycles. The van der Waals surface area contributed by atoms with E-state index in [4.69, 9.17) is 25.8 Å². The number of piperazine rings is 1. The number of ether oxygens (including phenoxy) is 3. The van der Waals surface area contributed by atoms with Gasteiger partial charge in [0.1, 0.15) is 17.2 Å². The number of halogens is 1. The molecule has 3 N–H and O–H groups in total. The fourth-order valence-electron chi connectivity index (χ4n) is 7.86. The number of carbonyl (C=O) groups is 1.